The van der Waals surface area contributed by atoms with Gasteiger partial charge in [-0.1, -0.05) is 19.1 Å². The zero-order valence-corrected chi connectivity index (χ0v) is 10.1. The van der Waals surface area contributed by atoms with Crippen molar-refractivity contribution in [3.8, 4) is 0 Å². The van der Waals surface area contributed by atoms with Crippen molar-refractivity contribution in [2.75, 3.05) is 18.1 Å². The van der Waals surface area contributed by atoms with Crippen molar-refractivity contribution in [2.45, 2.75) is 19.1 Å². The second-order valence-corrected chi connectivity index (χ2v) is 5.31. The maximum atomic E-state index is 8.93. The summed E-state index contributed by atoms with van der Waals surface area (Å²) < 4.78 is 0. The Balaban J connectivity index is 2.50. The largest absolute Gasteiger partial charge is 0.399 e. The van der Waals surface area contributed by atoms with E-state index in [9.17, 15) is 0 Å². The van der Waals surface area contributed by atoms with Gasteiger partial charge in [0, 0.05) is 17.5 Å². The molecule has 0 saturated heterocycles. The minimum atomic E-state index is 0.261. The SMILES string of the molecule is CC(CO)CSC(C)c1cccc(N)c1. The van der Waals surface area contributed by atoms with Gasteiger partial charge in [0.15, 0.2) is 0 Å². The van der Waals surface area contributed by atoms with Crippen LogP contribution in [0.3, 0.4) is 0 Å². The lowest BCUT2D eigenvalue weighted by Crippen LogP contribution is -2.04. The van der Waals surface area contributed by atoms with Crippen molar-refractivity contribution in [3.05, 3.63) is 29.8 Å². The fourth-order valence-electron chi connectivity index (χ4n) is 1.27. The number of thioether (sulfide) groups is 1. The molecule has 0 spiro atoms. The predicted molar refractivity (Wildman–Crippen MR) is 68.0 cm³/mol. The van der Waals surface area contributed by atoms with Gasteiger partial charge >= 0.3 is 0 Å². The van der Waals surface area contributed by atoms with Crippen LogP contribution in [0.4, 0.5) is 5.69 Å². The number of hydrogen-bond donors (Lipinski definition) is 2. The van der Waals surface area contributed by atoms with E-state index in [0.29, 0.717) is 11.2 Å². The molecule has 0 radical (unpaired) electrons. The molecule has 0 heterocycles. The average molecular weight is 225 g/mol. The molecular weight excluding hydrogens is 206 g/mol. The molecule has 0 saturated carbocycles. The molecule has 1 aromatic carbocycles. The van der Waals surface area contributed by atoms with Crippen molar-refractivity contribution in [1.82, 2.24) is 0 Å². The quantitative estimate of drug-likeness (QED) is 0.757. The Hall–Kier alpha value is -0.670. The monoisotopic (exact) mass is 225 g/mol. The molecule has 2 atom stereocenters. The first-order chi connectivity index (χ1) is 7.13. The summed E-state index contributed by atoms with van der Waals surface area (Å²) in [6.07, 6.45) is 0. The fraction of sp³-hybridized carbons (Fsp3) is 0.500. The number of hydrogen-bond acceptors (Lipinski definition) is 3. The molecule has 15 heavy (non-hydrogen) atoms. The summed E-state index contributed by atoms with van der Waals surface area (Å²) in [5.41, 5.74) is 7.80. The van der Waals surface area contributed by atoms with Crippen LogP contribution in [0.15, 0.2) is 24.3 Å². The van der Waals surface area contributed by atoms with Gasteiger partial charge in [-0.2, -0.15) is 11.8 Å². The first-order valence-electron chi connectivity index (χ1n) is 5.21. The topological polar surface area (TPSA) is 46.2 Å². The van der Waals surface area contributed by atoms with Crippen molar-refractivity contribution in [2.24, 2.45) is 5.92 Å². The smallest absolute Gasteiger partial charge is 0.0464 e. The van der Waals surface area contributed by atoms with Crippen molar-refractivity contribution < 1.29 is 5.11 Å². The van der Waals surface area contributed by atoms with Crippen LogP contribution >= 0.6 is 11.8 Å². The van der Waals surface area contributed by atoms with Crippen LogP contribution in [0.5, 0.6) is 0 Å². The zero-order chi connectivity index (χ0) is 11.3. The Morgan fingerprint density at radius 1 is 1.40 bits per heavy atom. The highest BCUT2D eigenvalue weighted by atomic mass is 32.2. The van der Waals surface area contributed by atoms with E-state index in [-0.39, 0.29) is 6.61 Å². The van der Waals surface area contributed by atoms with E-state index in [0.717, 1.165) is 11.4 Å². The molecule has 3 N–H and O–H groups in total. The van der Waals surface area contributed by atoms with Gasteiger partial charge in [-0.15, -0.1) is 0 Å². The fourth-order valence-corrected chi connectivity index (χ4v) is 2.33. The number of rotatable bonds is 5. The summed E-state index contributed by atoms with van der Waals surface area (Å²) in [5, 5.41) is 9.36. The van der Waals surface area contributed by atoms with E-state index in [2.05, 4.69) is 19.9 Å². The van der Waals surface area contributed by atoms with Gasteiger partial charge in [-0.3, -0.25) is 0 Å². The molecule has 0 bridgehead atoms. The second-order valence-electron chi connectivity index (χ2n) is 3.93. The average Bonchev–Trinajstić information content (AvgIpc) is 2.25. The van der Waals surface area contributed by atoms with E-state index in [1.54, 1.807) is 0 Å². The second kappa shape index (κ2) is 6.03. The molecule has 2 unspecified atom stereocenters. The van der Waals surface area contributed by atoms with E-state index in [1.165, 1.54) is 5.56 Å². The first-order valence-corrected chi connectivity index (χ1v) is 6.26. The van der Waals surface area contributed by atoms with Gasteiger partial charge in [0.05, 0.1) is 0 Å². The number of nitrogens with two attached hydrogens (primary N) is 1. The molecule has 0 aromatic heterocycles. The molecule has 84 valence electrons. The lowest BCUT2D eigenvalue weighted by atomic mass is 10.1. The Bertz CT molecular complexity index is 303. The summed E-state index contributed by atoms with van der Waals surface area (Å²) >= 11 is 1.86. The number of anilines is 1. The van der Waals surface area contributed by atoms with Crippen LogP contribution in [0.1, 0.15) is 24.7 Å². The number of aliphatic hydroxyl groups is 1. The summed E-state index contributed by atoms with van der Waals surface area (Å²) in [7, 11) is 0. The van der Waals surface area contributed by atoms with Crippen LogP contribution in [0.2, 0.25) is 0 Å². The van der Waals surface area contributed by atoms with Gasteiger partial charge in [-0.25, -0.2) is 0 Å². The molecule has 3 heteroatoms. The summed E-state index contributed by atoms with van der Waals surface area (Å²) in [6.45, 7) is 4.49. The van der Waals surface area contributed by atoms with Crippen LogP contribution in [0, 0.1) is 5.92 Å². The van der Waals surface area contributed by atoms with E-state index in [1.807, 2.05) is 30.0 Å². The normalized spacial score (nSPS) is 14.9. The lowest BCUT2D eigenvalue weighted by Gasteiger charge is -2.14. The molecule has 2 nitrogen and oxygen atoms in total. The molecule has 1 aromatic rings. The Kier molecular flexibility index (Phi) is 4.99. The van der Waals surface area contributed by atoms with Crippen LogP contribution in [0.25, 0.3) is 0 Å². The highest BCUT2D eigenvalue weighted by Crippen LogP contribution is 2.30. The third-order valence-corrected chi connectivity index (χ3v) is 3.86. The van der Waals surface area contributed by atoms with Crippen LogP contribution in [-0.4, -0.2) is 17.5 Å². The van der Waals surface area contributed by atoms with E-state index >= 15 is 0 Å². The minimum absolute atomic E-state index is 0.261. The van der Waals surface area contributed by atoms with Crippen molar-refractivity contribution in [3.63, 3.8) is 0 Å². The third kappa shape index (κ3) is 4.14. The number of benzene rings is 1. The van der Waals surface area contributed by atoms with Crippen molar-refractivity contribution in [1.29, 1.82) is 0 Å². The van der Waals surface area contributed by atoms with E-state index in [4.69, 9.17) is 10.8 Å². The Morgan fingerprint density at radius 2 is 2.13 bits per heavy atom. The molecular formula is C12H19NOS. The van der Waals surface area contributed by atoms with E-state index < -0.39 is 0 Å². The number of nitrogen functional groups attached to an aromatic ring is 1. The molecule has 0 aliphatic heterocycles. The van der Waals surface area contributed by atoms with Crippen LogP contribution < -0.4 is 5.73 Å². The molecule has 0 fully saturated rings. The van der Waals surface area contributed by atoms with Crippen molar-refractivity contribution >= 4 is 17.4 Å². The zero-order valence-electron chi connectivity index (χ0n) is 9.31. The van der Waals surface area contributed by atoms with Gasteiger partial charge in [-0.05, 0) is 36.3 Å². The lowest BCUT2D eigenvalue weighted by molar-refractivity contribution is 0.250. The molecule has 1 rings (SSSR count). The predicted octanol–water partition coefficient (Wildman–Crippen LogP) is 2.69. The third-order valence-electron chi connectivity index (χ3n) is 2.32. The molecule has 0 aliphatic rings. The highest BCUT2D eigenvalue weighted by molar-refractivity contribution is 7.99. The summed E-state index contributed by atoms with van der Waals surface area (Å²) in [6, 6.07) is 7.99. The Labute approximate surface area is 95.9 Å². The Morgan fingerprint density at radius 3 is 2.73 bits per heavy atom. The maximum Gasteiger partial charge on any atom is 0.0464 e. The molecule has 0 amide bonds. The van der Waals surface area contributed by atoms with Gasteiger partial charge in [0.1, 0.15) is 0 Å². The van der Waals surface area contributed by atoms with Crippen LogP contribution in [-0.2, 0) is 0 Å². The molecule has 0 aliphatic carbocycles. The minimum Gasteiger partial charge on any atom is -0.399 e. The standard InChI is InChI=1S/C12H19NOS/c1-9(7-14)8-15-10(2)11-4-3-5-12(13)6-11/h3-6,9-10,14H,7-8,13H2,1-2H3. The summed E-state index contributed by atoms with van der Waals surface area (Å²) in [5.74, 6) is 1.34. The maximum absolute atomic E-state index is 8.93. The van der Waals surface area contributed by atoms with Gasteiger partial charge < -0.3 is 10.8 Å². The van der Waals surface area contributed by atoms with Gasteiger partial charge in [0.2, 0.25) is 0 Å². The van der Waals surface area contributed by atoms with Gasteiger partial charge in [0.25, 0.3) is 0 Å². The summed E-state index contributed by atoms with van der Waals surface area (Å²) in [4.78, 5) is 0. The highest BCUT2D eigenvalue weighted by Gasteiger charge is 2.08. The number of aliphatic hydroxyl groups excluding tert-OH is 1. The first kappa shape index (κ1) is 12.4.